The minimum Gasteiger partial charge on any atom is -0.477 e. The fourth-order valence-electron chi connectivity index (χ4n) is 2.89. The Bertz CT molecular complexity index is 1040. The number of hydrogen-bond acceptors (Lipinski definition) is 5. The van der Waals surface area contributed by atoms with Crippen LogP contribution in [-0.2, 0) is 0 Å². The van der Waals surface area contributed by atoms with Gasteiger partial charge in [-0.05, 0) is 37.0 Å². The summed E-state index contributed by atoms with van der Waals surface area (Å²) in [5, 5.41) is 0. The Kier molecular flexibility index (Phi) is 3.59. The van der Waals surface area contributed by atoms with Crippen molar-refractivity contribution in [2.24, 2.45) is 5.92 Å². The van der Waals surface area contributed by atoms with Crippen molar-refractivity contribution in [1.82, 2.24) is 24.9 Å². The third-order valence-corrected chi connectivity index (χ3v) is 4.57. The molecule has 6 heteroatoms. The first kappa shape index (κ1) is 15.0. The van der Waals surface area contributed by atoms with Crippen LogP contribution in [0.3, 0.4) is 0 Å². The highest BCUT2D eigenvalue weighted by molar-refractivity contribution is 5.91. The molecule has 1 fully saturated rings. The van der Waals surface area contributed by atoms with Gasteiger partial charge in [-0.25, -0.2) is 15.0 Å². The van der Waals surface area contributed by atoms with Crippen molar-refractivity contribution in [2.45, 2.75) is 12.8 Å². The van der Waals surface area contributed by atoms with Gasteiger partial charge in [0.05, 0.1) is 18.5 Å². The fourth-order valence-corrected chi connectivity index (χ4v) is 2.89. The number of nitrogens with one attached hydrogen (secondary N) is 1. The van der Waals surface area contributed by atoms with Crippen LogP contribution in [0, 0.1) is 5.92 Å². The molecule has 4 aromatic rings. The van der Waals surface area contributed by atoms with Crippen LogP contribution in [0.4, 0.5) is 0 Å². The number of nitrogens with zero attached hydrogens (tertiary/aromatic N) is 4. The van der Waals surface area contributed by atoms with Gasteiger partial charge < -0.3 is 9.72 Å². The van der Waals surface area contributed by atoms with Crippen molar-refractivity contribution in [3.05, 3.63) is 55.2 Å². The van der Waals surface area contributed by atoms with Gasteiger partial charge in [0.2, 0.25) is 5.88 Å². The Morgan fingerprint density at radius 3 is 2.65 bits per heavy atom. The zero-order valence-electron chi connectivity index (χ0n) is 14.1. The monoisotopic (exact) mass is 343 g/mol. The van der Waals surface area contributed by atoms with Crippen LogP contribution in [0.25, 0.3) is 33.5 Å². The summed E-state index contributed by atoms with van der Waals surface area (Å²) < 4.78 is 5.71. The SMILES string of the molecule is c1cc(-c2cnc3[nH]cc(-c4ccc(OCC5CC5)nc4)c3n2)ccn1. The number of aromatic nitrogens is 5. The van der Waals surface area contributed by atoms with Crippen molar-refractivity contribution in [3.63, 3.8) is 0 Å². The highest BCUT2D eigenvalue weighted by Gasteiger charge is 2.22. The normalized spacial score (nSPS) is 13.8. The lowest BCUT2D eigenvalue weighted by atomic mass is 10.1. The minimum absolute atomic E-state index is 0.670. The van der Waals surface area contributed by atoms with E-state index >= 15 is 0 Å². The molecule has 4 heterocycles. The Morgan fingerprint density at radius 2 is 1.88 bits per heavy atom. The van der Waals surface area contributed by atoms with Crippen molar-refractivity contribution in [2.75, 3.05) is 6.61 Å². The van der Waals surface area contributed by atoms with E-state index in [2.05, 4.69) is 19.9 Å². The van der Waals surface area contributed by atoms with Crippen molar-refractivity contribution in [3.8, 4) is 28.3 Å². The number of aromatic amines is 1. The molecule has 0 aromatic carbocycles. The summed E-state index contributed by atoms with van der Waals surface area (Å²) >= 11 is 0. The molecular formula is C20H17N5O. The van der Waals surface area contributed by atoms with E-state index in [-0.39, 0.29) is 0 Å². The lowest BCUT2D eigenvalue weighted by molar-refractivity contribution is 0.288. The summed E-state index contributed by atoms with van der Waals surface area (Å²) in [7, 11) is 0. The number of fused-ring (bicyclic) bond motifs is 1. The van der Waals surface area contributed by atoms with Gasteiger partial charge in [-0.3, -0.25) is 4.98 Å². The first-order valence-electron chi connectivity index (χ1n) is 8.70. The third-order valence-electron chi connectivity index (χ3n) is 4.57. The number of pyridine rings is 2. The molecule has 4 aromatic heterocycles. The predicted molar refractivity (Wildman–Crippen MR) is 98.6 cm³/mol. The van der Waals surface area contributed by atoms with E-state index in [1.54, 1.807) is 18.6 Å². The molecule has 0 bridgehead atoms. The number of rotatable bonds is 5. The number of hydrogen-bond donors (Lipinski definition) is 1. The first-order chi connectivity index (χ1) is 12.9. The molecule has 1 N–H and O–H groups in total. The van der Waals surface area contributed by atoms with Crippen LogP contribution in [0.2, 0.25) is 0 Å². The van der Waals surface area contributed by atoms with E-state index in [9.17, 15) is 0 Å². The number of ether oxygens (including phenoxy) is 1. The molecule has 0 spiro atoms. The molecule has 1 aliphatic carbocycles. The quantitative estimate of drug-likeness (QED) is 0.595. The summed E-state index contributed by atoms with van der Waals surface area (Å²) in [6.45, 7) is 0.764. The summed E-state index contributed by atoms with van der Waals surface area (Å²) in [4.78, 5) is 20.9. The largest absolute Gasteiger partial charge is 0.477 e. The van der Waals surface area contributed by atoms with Crippen LogP contribution in [0.5, 0.6) is 5.88 Å². The van der Waals surface area contributed by atoms with E-state index in [4.69, 9.17) is 9.72 Å². The third kappa shape index (κ3) is 2.90. The average molecular weight is 343 g/mol. The maximum Gasteiger partial charge on any atom is 0.213 e. The van der Waals surface area contributed by atoms with Gasteiger partial charge in [0.1, 0.15) is 5.52 Å². The second-order valence-electron chi connectivity index (χ2n) is 6.53. The van der Waals surface area contributed by atoms with Crippen LogP contribution >= 0.6 is 0 Å². The van der Waals surface area contributed by atoms with Crippen LogP contribution in [-0.4, -0.2) is 31.5 Å². The summed E-state index contributed by atoms with van der Waals surface area (Å²) in [5.41, 5.74) is 5.35. The second-order valence-corrected chi connectivity index (χ2v) is 6.53. The van der Waals surface area contributed by atoms with Gasteiger partial charge in [0.15, 0.2) is 5.65 Å². The molecule has 0 atom stereocenters. The van der Waals surface area contributed by atoms with Gasteiger partial charge in [0, 0.05) is 47.5 Å². The van der Waals surface area contributed by atoms with Gasteiger partial charge in [-0.15, -0.1) is 0 Å². The highest BCUT2D eigenvalue weighted by atomic mass is 16.5. The van der Waals surface area contributed by atoms with Crippen LogP contribution in [0.15, 0.2) is 55.2 Å². The average Bonchev–Trinajstić information content (AvgIpc) is 3.44. The van der Waals surface area contributed by atoms with E-state index in [1.807, 2.05) is 36.7 Å². The molecule has 0 aliphatic heterocycles. The molecule has 1 aliphatic rings. The van der Waals surface area contributed by atoms with E-state index in [0.717, 1.165) is 40.2 Å². The van der Waals surface area contributed by atoms with Gasteiger partial charge in [0.25, 0.3) is 0 Å². The molecule has 5 rings (SSSR count). The smallest absolute Gasteiger partial charge is 0.213 e. The standard InChI is InChI=1S/C20H17N5O/c1-2-13(1)12-26-18-4-3-15(9-22-18)16-10-23-20-19(16)25-17(11-24-20)14-5-7-21-8-6-14/h3-11,13H,1-2,12H2,(H,23,24). The fraction of sp³-hybridized carbons (Fsp3) is 0.200. The summed E-state index contributed by atoms with van der Waals surface area (Å²) in [6, 6.07) is 7.78. The zero-order chi connectivity index (χ0) is 17.3. The minimum atomic E-state index is 0.670. The molecule has 0 amide bonds. The highest BCUT2D eigenvalue weighted by Crippen LogP contribution is 2.31. The van der Waals surface area contributed by atoms with Crippen molar-refractivity contribution >= 4 is 11.2 Å². The molecule has 0 radical (unpaired) electrons. The van der Waals surface area contributed by atoms with Crippen LogP contribution in [0.1, 0.15) is 12.8 Å². The topological polar surface area (TPSA) is 76.6 Å². The van der Waals surface area contributed by atoms with Gasteiger partial charge in [-0.1, -0.05) is 0 Å². The molecule has 1 saturated carbocycles. The zero-order valence-corrected chi connectivity index (χ0v) is 14.1. The second kappa shape index (κ2) is 6.22. The molecular weight excluding hydrogens is 326 g/mol. The summed E-state index contributed by atoms with van der Waals surface area (Å²) in [6.07, 6.45) is 11.6. The Labute approximate surface area is 150 Å². The van der Waals surface area contributed by atoms with Crippen molar-refractivity contribution in [1.29, 1.82) is 0 Å². The predicted octanol–water partition coefficient (Wildman–Crippen LogP) is 3.87. The first-order valence-corrected chi connectivity index (χ1v) is 8.70. The van der Waals surface area contributed by atoms with E-state index in [1.165, 1.54) is 12.8 Å². The maximum atomic E-state index is 5.71. The molecule has 26 heavy (non-hydrogen) atoms. The lowest BCUT2D eigenvalue weighted by Gasteiger charge is -2.05. The maximum absolute atomic E-state index is 5.71. The Balaban J connectivity index is 1.48. The Hall–Kier alpha value is -3.28. The molecule has 6 nitrogen and oxygen atoms in total. The molecule has 128 valence electrons. The van der Waals surface area contributed by atoms with Gasteiger partial charge >= 0.3 is 0 Å². The lowest BCUT2D eigenvalue weighted by Crippen LogP contribution is -2.00. The molecule has 0 unspecified atom stereocenters. The van der Waals surface area contributed by atoms with E-state index in [0.29, 0.717) is 11.8 Å². The van der Waals surface area contributed by atoms with Gasteiger partial charge in [-0.2, -0.15) is 0 Å². The molecule has 0 saturated heterocycles. The van der Waals surface area contributed by atoms with Crippen molar-refractivity contribution < 1.29 is 4.74 Å². The summed E-state index contributed by atoms with van der Waals surface area (Å²) in [5.74, 6) is 1.39. The van der Waals surface area contributed by atoms with E-state index < -0.39 is 0 Å². The number of H-pyrrole nitrogens is 1. The Morgan fingerprint density at radius 1 is 1.00 bits per heavy atom. The van der Waals surface area contributed by atoms with Crippen LogP contribution < -0.4 is 4.74 Å².